The Morgan fingerprint density at radius 2 is 1.77 bits per heavy atom. The lowest BCUT2D eigenvalue weighted by Crippen LogP contribution is -2.23. The van der Waals surface area contributed by atoms with Crippen LogP contribution in [0.4, 0.5) is 5.69 Å². The number of hydrogen-bond donors (Lipinski definition) is 2. The number of anilines is 1. The number of carbonyl (C=O) groups excluding carboxylic acids is 1. The third kappa shape index (κ3) is 3.93. The van der Waals surface area contributed by atoms with E-state index in [1.54, 1.807) is 13.0 Å². The molecule has 0 radical (unpaired) electrons. The van der Waals surface area contributed by atoms with Crippen molar-refractivity contribution in [2.45, 2.75) is 18.7 Å². The zero-order chi connectivity index (χ0) is 16.2. The maximum Gasteiger partial charge on any atom is 0.255 e. The van der Waals surface area contributed by atoms with Crippen molar-refractivity contribution in [3.05, 3.63) is 59.7 Å². The summed E-state index contributed by atoms with van der Waals surface area (Å²) in [6.45, 7) is 3.97. The molecule has 2 aromatic carbocycles. The molecule has 0 aliphatic carbocycles. The molecule has 0 aliphatic rings. The van der Waals surface area contributed by atoms with Gasteiger partial charge in [0.15, 0.2) is 0 Å². The smallest absolute Gasteiger partial charge is 0.255 e. The first-order valence-electron chi connectivity index (χ1n) is 6.90. The summed E-state index contributed by atoms with van der Waals surface area (Å²) in [5, 5.41) is 2.78. The second kappa shape index (κ2) is 6.72. The van der Waals surface area contributed by atoms with Gasteiger partial charge in [-0.25, -0.2) is 13.1 Å². The van der Waals surface area contributed by atoms with Crippen LogP contribution in [0.25, 0.3) is 0 Å². The Kier molecular flexibility index (Phi) is 4.95. The van der Waals surface area contributed by atoms with Crippen LogP contribution in [0, 0.1) is 6.92 Å². The number of amides is 1. The lowest BCUT2D eigenvalue weighted by molar-refractivity contribution is 0.102. The van der Waals surface area contributed by atoms with E-state index in [0.717, 1.165) is 5.56 Å². The molecule has 5 nitrogen and oxygen atoms in total. The standard InChI is InChI=1S/C16H18N2O3S/c1-3-17-22(20,21)15-9-7-13(8-10-15)16(19)18-14-6-4-5-12(2)11-14/h4-11,17H,3H2,1-2H3,(H,18,19). The second-order valence-electron chi connectivity index (χ2n) is 4.85. The first-order valence-corrected chi connectivity index (χ1v) is 8.38. The van der Waals surface area contributed by atoms with Crippen LogP contribution in [-0.4, -0.2) is 20.9 Å². The summed E-state index contributed by atoms with van der Waals surface area (Å²) in [6, 6.07) is 13.3. The fourth-order valence-electron chi connectivity index (χ4n) is 1.98. The Bertz CT molecular complexity index is 768. The Hall–Kier alpha value is -2.18. The van der Waals surface area contributed by atoms with Crippen molar-refractivity contribution in [1.82, 2.24) is 4.72 Å². The Balaban J connectivity index is 2.15. The topological polar surface area (TPSA) is 75.3 Å². The molecule has 0 unspecified atom stereocenters. The number of carbonyl (C=O) groups is 1. The van der Waals surface area contributed by atoms with Crippen LogP contribution in [0.1, 0.15) is 22.8 Å². The highest BCUT2D eigenvalue weighted by Crippen LogP contribution is 2.14. The summed E-state index contributed by atoms with van der Waals surface area (Å²) >= 11 is 0. The van der Waals surface area contributed by atoms with Crippen LogP contribution < -0.4 is 10.0 Å². The highest BCUT2D eigenvalue weighted by Gasteiger charge is 2.13. The molecular formula is C16H18N2O3S. The van der Waals surface area contributed by atoms with Gasteiger partial charge in [-0.3, -0.25) is 4.79 Å². The van der Waals surface area contributed by atoms with Crippen LogP contribution in [0.15, 0.2) is 53.4 Å². The zero-order valence-corrected chi connectivity index (χ0v) is 13.3. The molecule has 22 heavy (non-hydrogen) atoms. The van der Waals surface area contributed by atoms with E-state index >= 15 is 0 Å². The van der Waals surface area contributed by atoms with E-state index in [2.05, 4.69) is 10.0 Å². The number of sulfonamides is 1. The molecule has 2 rings (SSSR count). The molecule has 2 N–H and O–H groups in total. The van der Waals surface area contributed by atoms with E-state index in [1.165, 1.54) is 24.3 Å². The SMILES string of the molecule is CCNS(=O)(=O)c1ccc(C(=O)Nc2cccc(C)c2)cc1. The van der Waals surface area contributed by atoms with Crippen molar-refractivity contribution < 1.29 is 13.2 Å². The van der Waals surface area contributed by atoms with Gasteiger partial charge < -0.3 is 5.32 Å². The van der Waals surface area contributed by atoms with E-state index in [0.29, 0.717) is 17.8 Å². The van der Waals surface area contributed by atoms with Gasteiger partial charge in [0.2, 0.25) is 10.0 Å². The molecule has 0 bridgehead atoms. The van der Waals surface area contributed by atoms with Crippen LogP contribution >= 0.6 is 0 Å². The number of aryl methyl sites for hydroxylation is 1. The van der Waals surface area contributed by atoms with Gasteiger partial charge >= 0.3 is 0 Å². The predicted octanol–water partition coefficient (Wildman–Crippen LogP) is 2.55. The van der Waals surface area contributed by atoms with E-state index in [-0.39, 0.29) is 10.8 Å². The van der Waals surface area contributed by atoms with Crippen LogP contribution in [0.5, 0.6) is 0 Å². The van der Waals surface area contributed by atoms with Gasteiger partial charge in [0, 0.05) is 17.8 Å². The molecule has 0 saturated heterocycles. The molecule has 0 atom stereocenters. The van der Waals surface area contributed by atoms with Gasteiger partial charge in [0.1, 0.15) is 0 Å². The second-order valence-corrected chi connectivity index (χ2v) is 6.62. The first kappa shape index (κ1) is 16.2. The third-order valence-electron chi connectivity index (χ3n) is 3.04. The van der Waals surface area contributed by atoms with Crippen molar-refractivity contribution in [1.29, 1.82) is 0 Å². The van der Waals surface area contributed by atoms with E-state index in [1.807, 2.05) is 25.1 Å². The van der Waals surface area contributed by atoms with E-state index in [4.69, 9.17) is 0 Å². The van der Waals surface area contributed by atoms with Gasteiger partial charge in [0.05, 0.1) is 4.90 Å². The quantitative estimate of drug-likeness (QED) is 0.889. The summed E-state index contributed by atoms with van der Waals surface area (Å²) in [7, 11) is -3.50. The lowest BCUT2D eigenvalue weighted by atomic mass is 10.2. The number of nitrogens with one attached hydrogen (secondary N) is 2. The zero-order valence-electron chi connectivity index (χ0n) is 12.5. The molecule has 0 saturated carbocycles. The van der Waals surface area contributed by atoms with Crippen molar-refractivity contribution in [2.75, 3.05) is 11.9 Å². The molecule has 2 aromatic rings. The molecule has 6 heteroatoms. The van der Waals surface area contributed by atoms with Crippen molar-refractivity contribution in [2.24, 2.45) is 0 Å². The highest BCUT2D eigenvalue weighted by molar-refractivity contribution is 7.89. The average Bonchev–Trinajstić information content (AvgIpc) is 2.47. The number of rotatable bonds is 5. The summed E-state index contributed by atoms with van der Waals surface area (Å²) < 4.78 is 26.1. The van der Waals surface area contributed by atoms with Gasteiger partial charge in [-0.2, -0.15) is 0 Å². The normalized spacial score (nSPS) is 11.2. The van der Waals surface area contributed by atoms with Crippen molar-refractivity contribution in [3.63, 3.8) is 0 Å². The molecule has 0 aromatic heterocycles. The van der Waals surface area contributed by atoms with Crippen LogP contribution in [-0.2, 0) is 10.0 Å². The molecule has 116 valence electrons. The fourth-order valence-corrected chi connectivity index (χ4v) is 3.03. The maximum absolute atomic E-state index is 12.1. The minimum atomic E-state index is -3.50. The van der Waals surface area contributed by atoms with Crippen molar-refractivity contribution in [3.8, 4) is 0 Å². The monoisotopic (exact) mass is 318 g/mol. The van der Waals surface area contributed by atoms with E-state index in [9.17, 15) is 13.2 Å². The van der Waals surface area contributed by atoms with Crippen LogP contribution in [0.2, 0.25) is 0 Å². The Morgan fingerprint density at radius 3 is 2.36 bits per heavy atom. The van der Waals surface area contributed by atoms with Gasteiger partial charge in [-0.15, -0.1) is 0 Å². The minimum Gasteiger partial charge on any atom is -0.322 e. The highest BCUT2D eigenvalue weighted by atomic mass is 32.2. The largest absolute Gasteiger partial charge is 0.322 e. The lowest BCUT2D eigenvalue weighted by Gasteiger charge is -2.08. The fraction of sp³-hybridized carbons (Fsp3) is 0.188. The molecule has 0 aliphatic heterocycles. The predicted molar refractivity (Wildman–Crippen MR) is 86.4 cm³/mol. The Labute approximate surface area is 130 Å². The number of hydrogen-bond acceptors (Lipinski definition) is 3. The minimum absolute atomic E-state index is 0.140. The van der Waals surface area contributed by atoms with Gasteiger partial charge in [-0.05, 0) is 48.9 Å². The first-order chi connectivity index (χ1) is 10.4. The summed E-state index contributed by atoms with van der Waals surface area (Å²) in [5.41, 5.74) is 2.15. The van der Waals surface area contributed by atoms with Gasteiger partial charge in [-0.1, -0.05) is 19.1 Å². The molecule has 1 amide bonds. The maximum atomic E-state index is 12.1. The summed E-state index contributed by atoms with van der Waals surface area (Å²) in [6.07, 6.45) is 0. The molecule has 0 fully saturated rings. The molecule has 0 spiro atoms. The van der Waals surface area contributed by atoms with Crippen LogP contribution in [0.3, 0.4) is 0 Å². The van der Waals surface area contributed by atoms with Gasteiger partial charge in [0.25, 0.3) is 5.91 Å². The summed E-state index contributed by atoms with van der Waals surface area (Å²) in [5.74, 6) is -0.280. The third-order valence-corrected chi connectivity index (χ3v) is 4.60. The Morgan fingerprint density at radius 1 is 1.09 bits per heavy atom. The molecular weight excluding hydrogens is 300 g/mol. The average molecular weight is 318 g/mol. The van der Waals surface area contributed by atoms with E-state index < -0.39 is 10.0 Å². The van der Waals surface area contributed by atoms with Crippen molar-refractivity contribution >= 4 is 21.6 Å². The number of benzene rings is 2. The molecule has 0 heterocycles. The summed E-state index contributed by atoms with van der Waals surface area (Å²) in [4.78, 5) is 12.3.